The van der Waals surface area contributed by atoms with Crippen LogP contribution in [0.5, 0.6) is 0 Å². The molecule has 1 rings (SSSR count). The van der Waals surface area contributed by atoms with Gasteiger partial charge in [0.05, 0.1) is 0 Å². The number of hydrogen-bond acceptors (Lipinski definition) is 2. The Morgan fingerprint density at radius 2 is 1.92 bits per heavy atom. The first kappa shape index (κ1) is 12.7. The van der Waals surface area contributed by atoms with Crippen molar-refractivity contribution < 1.29 is 4.79 Å². The van der Waals surface area contributed by atoms with E-state index in [0.29, 0.717) is 6.42 Å². The molecule has 1 saturated heterocycles. The predicted molar refractivity (Wildman–Crippen MR) is 55.9 cm³/mol. The lowest BCUT2D eigenvalue weighted by atomic mass is 9.91. The molecule has 1 fully saturated rings. The van der Waals surface area contributed by atoms with Crippen molar-refractivity contribution in [3.05, 3.63) is 0 Å². The van der Waals surface area contributed by atoms with Gasteiger partial charge in [-0.1, -0.05) is 6.92 Å². The Kier molecular flexibility index (Phi) is 4.71. The van der Waals surface area contributed by atoms with E-state index in [1.807, 2.05) is 11.8 Å². The summed E-state index contributed by atoms with van der Waals surface area (Å²) in [6.07, 6.45) is 2.47. The van der Waals surface area contributed by atoms with Crippen LogP contribution in [0.2, 0.25) is 0 Å². The molecule has 1 heterocycles. The third-order valence-corrected chi connectivity index (χ3v) is 2.56. The first-order valence-electron chi connectivity index (χ1n) is 4.62. The molecule has 0 aromatic carbocycles. The molecule has 78 valence electrons. The molecule has 0 aliphatic carbocycles. The van der Waals surface area contributed by atoms with Gasteiger partial charge in [-0.25, -0.2) is 0 Å². The molecule has 0 bridgehead atoms. The van der Waals surface area contributed by atoms with E-state index in [9.17, 15) is 4.79 Å². The summed E-state index contributed by atoms with van der Waals surface area (Å²) in [6.45, 7) is 5.62. The quantitative estimate of drug-likeness (QED) is 0.700. The van der Waals surface area contributed by atoms with Crippen LogP contribution < -0.4 is 5.73 Å². The summed E-state index contributed by atoms with van der Waals surface area (Å²) in [5.74, 6) is 0.255. The Balaban J connectivity index is 0.00000144. The van der Waals surface area contributed by atoms with Gasteiger partial charge in [0.25, 0.3) is 0 Å². The minimum absolute atomic E-state index is 0. The Labute approximate surface area is 86.1 Å². The highest BCUT2D eigenvalue weighted by Gasteiger charge is 2.27. The second-order valence-electron chi connectivity index (χ2n) is 3.89. The van der Waals surface area contributed by atoms with E-state index >= 15 is 0 Å². The van der Waals surface area contributed by atoms with Crippen molar-refractivity contribution >= 4 is 18.3 Å². The fourth-order valence-electron chi connectivity index (χ4n) is 1.49. The summed E-state index contributed by atoms with van der Waals surface area (Å²) >= 11 is 0. The summed E-state index contributed by atoms with van der Waals surface area (Å²) in [4.78, 5) is 13.2. The van der Waals surface area contributed by atoms with Crippen molar-refractivity contribution in [1.29, 1.82) is 0 Å². The molecular weight excluding hydrogens is 188 g/mol. The molecule has 0 aromatic heterocycles. The average molecular weight is 207 g/mol. The first-order valence-corrected chi connectivity index (χ1v) is 4.62. The van der Waals surface area contributed by atoms with Crippen LogP contribution in [0, 0.1) is 0 Å². The van der Waals surface area contributed by atoms with Gasteiger partial charge >= 0.3 is 0 Å². The molecule has 13 heavy (non-hydrogen) atoms. The third kappa shape index (κ3) is 3.53. The summed E-state index contributed by atoms with van der Waals surface area (Å²) < 4.78 is 0. The number of amides is 1. The molecule has 3 nitrogen and oxygen atoms in total. The Hall–Kier alpha value is -0.280. The standard InChI is InChI=1S/C9H18N2O.ClH/c1-3-8(12)11-6-4-9(2,10)5-7-11;/h3-7,10H2,1-2H3;1H. The van der Waals surface area contributed by atoms with E-state index in [-0.39, 0.29) is 23.9 Å². The van der Waals surface area contributed by atoms with E-state index in [4.69, 9.17) is 5.73 Å². The number of rotatable bonds is 1. The lowest BCUT2D eigenvalue weighted by Crippen LogP contribution is -2.49. The smallest absolute Gasteiger partial charge is 0.222 e. The van der Waals surface area contributed by atoms with Crippen LogP contribution in [0.4, 0.5) is 0 Å². The van der Waals surface area contributed by atoms with Gasteiger partial charge in [0, 0.05) is 25.0 Å². The lowest BCUT2D eigenvalue weighted by molar-refractivity contribution is -0.132. The lowest BCUT2D eigenvalue weighted by Gasteiger charge is -2.36. The normalized spacial score (nSPS) is 20.7. The van der Waals surface area contributed by atoms with Crippen molar-refractivity contribution in [3.63, 3.8) is 0 Å². The van der Waals surface area contributed by atoms with Crippen LogP contribution in [0.15, 0.2) is 0 Å². The average Bonchev–Trinajstić information content (AvgIpc) is 2.03. The van der Waals surface area contributed by atoms with Gasteiger partial charge < -0.3 is 10.6 Å². The van der Waals surface area contributed by atoms with Gasteiger partial charge in [0.15, 0.2) is 0 Å². The zero-order valence-electron chi connectivity index (χ0n) is 8.38. The van der Waals surface area contributed by atoms with E-state index in [2.05, 4.69) is 6.92 Å². The van der Waals surface area contributed by atoms with E-state index in [0.717, 1.165) is 25.9 Å². The van der Waals surface area contributed by atoms with Crippen molar-refractivity contribution in [1.82, 2.24) is 4.90 Å². The number of piperidine rings is 1. The Morgan fingerprint density at radius 1 is 1.46 bits per heavy atom. The molecule has 0 saturated carbocycles. The number of carbonyl (C=O) groups excluding carboxylic acids is 1. The van der Waals surface area contributed by atoms with E-state index in [1.165, 1.54) is 0 Å². The van der Waals surface area contributed by atoms with Gasteiger partial charge in [-0.05, 0) is 19.8 Å². The maximum Gasteiger partial charge on any atom is 0.222 e. The van der Waals surface area contributed by atoms with Crippen molar-refractivity contribution in [2.75, 3.05) is 13.1 Å². The van der Waals surface area contributed by atoms with Crippen molar-refractivity contribution in [2.45, 2.75) is 38.6 Å². The van der Waals surface area contributed by atoms with Crippen LogP contribution in [-0.4, -0.2) is 29.4 Å². The third-order valence-electron chi connectivity index (χ3n) is 2.56. The number of nitrogens with zero attached hydrogens (tertiary/aromatic N) is 1. The van der Waals surface area contributed by atoms with E-state index < -0.39 is 0 Å². The highest BCUT2D eigenvalue weighted by Crippen LogP contribution is 2.18. The Bertz CT molecular complexity index is 172. The molecule has 0 spiro atoms. The zero-order valence-corrected chi connectivity index (χ0v) is 9.19. The second kappa shape index (κ2) is 4.82. The molecule has 1 amide bonds. The summed E-state index contributed by atoms with van der Waals surface area (Å²) in [5, 5.41) is 0. The highest BCUT2D eigenvalue weighted by atomic mass is 35.5. The number of halogens is 1. The first-order chi connectivity index (χ1) is 5.55. The second-order valence-corrected chi connectivity index (χ2v) is 3.89. The molecule has 1 aliphatic heterocycles. The topological polar surface area (TPSA) is 46.3 Å². The molecule has 4 heteroatoms. The monoisotopic (exact) mass is 206 g/mol. The molecular formula is C9H19ClN2O. The number of likely N-dealkylation sites (tertiary alicyclic amines) is 1. The summed E-state index contributed by atoms with van der Waals surface area (Å²) in [6, 6.07) is 0. The SMILES string of the molecule is CCC(=O)N1CCC(C)(N)CC1.Cl. The minimum atomic E-state index is -0.0511. The van der Waals surface area contributed by atoms with Crippen LogP contribution >= 0.6 is 12.4 Å². The van der Waals surface area contributed by atoms with Gasteiger partial charge in [0.2, 0.25) is 5.91 Å². The van der Waals surface area contributed by atoms with Gasteiger partial charge in [-0.15, -0.1) is 12.4 Å². The molecule has 0 radical (unpaired) electrons. The van der Waals surface area contributed by atoms with Crippen LogP contribution in [-0.2, 0) is 4.79 Å². The predicted octanol–water partition coefficient (Wildman–Crippen LogP) is 1.16. The van der Waals surface area contributed by atoms with Gasteiger partial charge in [0.1, 0.15) is 0 Å². The van der Waals surface area contributed by atoms with Gasteiger partial charge in [-0.2, -0.15) is 0 Å². The largest absolute Gasteiger partial charge is 0.343 e. The summed E-state index contributed by atoms with van der Waals surface area (Å²) in [7, 11) is 0. The molecule has 1 aliphatic rings. The molecule has 2 N–H and O–H groups in total. The summed E-state index contributed by atoms with van der Waals surface area (Å²) in [5.41, 5.74) is 5.89. The van der Waals surface area contributed by atoms with Crippen LogP contribution in [0.1, 0.15) is 33.1 Å². The fourth-order valence-corrected chi connectivity index (χ4v) is 1.49. The van der Waals surface area contributed by atoms with Crippen molar-refractivity contribution in [3.8, 4) is 0 Å². The molecule has 0 aromatic rings. The highest BCUT2D eigenvalue weighted by molar-refractivity contribution is 5.85. The van der Waals surface area contributed by atoms with Gasteiger partial charge in [-0.3, -0.25) is 4.79 Å². The minimum Gasteiger partial charge on any atom is -0.343 e. The van der Waals surface area contributed by atoms with Crippen LogP contribution in [0.3, 0.4) is 0 Å². The number of carbonyl (C=O) groups is 1. The van der Waals surface area contributed by atoms with Crippen molar-refractivity contribution in [2.24, 2.45) is 5.73 Å². The fraction of sp³-hybridized carbons (Fsp3) is 0.889. The Morgan fingerprint density at radius 3 is 2.31 bits per heavy atom. The van der Waals surface area contributed by atoms with E-state index in [1.54, 1.807) is 0 Å². The van der Waals surface area contributed by atoms with Crippen LogP contribution in [0.25, 0.3) is 0 Å². The number of hydrogen-bond donors (Lipinski definition) is 1. The maximum atomic E-state index is 11.3. The molecule has 0 unspecified atom stereocenters. The number of nitrogens with two attached hydrogens (primary N) is 1. The zero-order chi connectivity index (χ0) is 9.19. The maximum absolute atomic E-state index is 11.3. The molecule has 0 atom stereocenters.